The molecule has 8 N–H and O–H groups in total. The van der Waals surface area contributed by atoms with E-state index >= 15 is 0 Å². The van der Waals surface area contributed by atoms with Crippen molar-refractivity contribution < 1.29 is 34.1 Å². The number of rotatable bonds is 12. The van der Waals surface area contributed by atoms with Gasteiger partial charge in [-0.3, -0.25) is 19.7 Å². The lowest BCUT2D eigenvalue weighted by atomic mass is 9.79. The first kappa shape index (κ1) is 26.0. The van der Waals surface area contributed by atoms with Crippen LogP contribution < -0.4 is 27.6 Å². The van der Waals surface area contributed by atoms with Gasteiger partial charge in [-0.05, 0) is 30.9 Å². The number of nitrogens with two attached hydrogens (primary N) is 2. The zero-order valence-corrected chi connectivity index (χ0v) is 16.9. The second-order valence-corrected chi connectivity index (χ2v) is 6.63. The van der Waals surface area contributed by atoms with Gasteiger partial charge in [-0.25, -0.2) is 4.79 Å². The van der Waals surface area contributed by atoms with Gasteiger partial charge in [0.15, 0.2) is 0 Å². The number of benzene rings is 1. The Hall–Kier alpha value is -3.07. The molecule has 0 aliphatic carbocycles. The van der Waals surface area contributed by atoms with E-state index in [1.807, 2.05) is 0 Å². The van der Waals surface area contributed by atoms with Crippen molar-refractivity contribution in [2.75, 3.05) is 20.2 Å². The fourth-order valence-electron chi connectivity index (χ4n) is 2.57. The van der Waals surface area contributed by atoms with E-state index in [0.717, 1.165) is 25.3 Å². The summed E-state index contributed by atoms with van der Waals surface area (Å²) in [6, 6.07) is 0.737. The molecule has 2 amide bonds. The molecular formula is C17H26BN5O8. The quantitative estimate of drug-likeness (QED) is 0.0642. The molecule has 0 aliphatic rings. The number of non-ortho nitro benzene ring substituents is 1. The number of amides is 2. The van der Waals surface area contributed by atoms with E-state index in [1.165, 1.54) is 0 Å². The number of unbranched alkanes of at least 4 members (excludes halogenated alkanes) is 1. The van der Waals surface area contributed by atoms with Crippen LogP contribution in [0.15, 0.2) is 18.2 Å². The molecule has 0 aromatic heterocycles. The van der Waals surface area contributed by atoms with Crippen LogP contribution in [-0.2, 0) is 14.3 Å². The molecule has 170 valence electrons. The van der Waals surface area contributed by atoms with Crippen LogP contribution in [-0.4, -0.2) is 72.2 Å². The second-order valence-electron chi connectivity index (χ2n) is 6.63. The molecule has 0 spiro atoms. The number of nitrogens with zero attached hydrogens (tertiary/aromatic N) is 1. The minimum Gasteiger partial charge on any atom is -0.467 e. The van der Waals surface area contributed by atoms with Crippen LogP contribution in [0.3, 0.4) is 0 Å². The van der Waals surface area contributed by atoms with Gasteiger partial charge in [0, 0.05) is 24.2 Å². The van der Waals surface area contributed by atoms with E-state index in [2.05, 4.69) is 15.4 Å². The highest BCUT2D eigenvalue weighted by atomic mass is 16.6. The molecule has 1 aromatic rings. The van der Waals surface area contributed by atoms with Gasteiger partial charge in [0.1, 0.15) is 6.04 Å². The zero-order chi connectivity index (χ0) is 23.6. The number of esters is 1. The normalized spacial score (nSPS) is 12.4. The van der Waals surface area contributed by atoms with Crippen LogP contribution in [0.1, 0.15) is 29.6 Å². The van der Waals surface area contributed by atoms with E-state index in [9.17, 15) is 34.5 Å². The molecule has 1 aromatic carbocycles. The molecule has 2 unspecified atom stereocenters. The SMILES string of the molecule is COC(=O)C(CNC(=O)c1cc(B(O)O)cc([N+](=O)[O-])c1)NC(=O)C(N)CCCCN. The molecule has 1 rings (SSSR count). The molecule has 14 heteroatoms. The Kier molecular flexibility index (Phi) is 10.5. The minimum atomic E-state index is -2.03. The third-order valence-corrected chi connectivity index (χ3v) is 4.29. The maximum Gasteiger partial charge on any atom is 0.488 e. The van der Waals surface area contributed by atoms with Crippen molar-refractivity contribution in [2.24, 2.45) is 11.5 Å². The summed E-state index contributed by atoms with van der Waals surface area (Å²) < 4.78 is 4.61. The molecule has 13 nitrogen and oxygen atoms in total. The van der Waals surface area contributed by atoms with Crippen molar-refractivity contribution in [1.29, 1.82) is 0 Å². The molecule has 0 saturated heterocycles. The fraction of sp³-hybridized carbons (Fsp3) is 0.471. The molecule has 2 atom stereocenters. The first-order valence-corrected chi connectivity index (χ1v) is 9.38. The first-order valence-electron chi connectivity index (χ1n) is 9.38. The molecule has 31 heavy (non-hydrogen) atoms. The molecule has 0 bridgehead atoms. The number of nitro groups is 1. The Bertz CT molecular complexity index is 807. The first-order chi connectivity index (χ1) is 14.6. The summed E-state index contributed by atoms with van der Waals surface area (Å²) in [4.78, 5) is 46.8. The summed E-state index contributed by atoms with van der Waals surface area (Å²) in [6.07, 6.45) is 1.66. The smallest absolute Gasteiger partial charge is 0.467 e. The highest BCUT2D eigenvalue weighted by Crippen LogP contribution is 2.12. The number of carbonyl (C=O) groups excluding carboxylic acids is 3. The van der Waals surface area contributed by atoms with Crippen molar-refractivity contribution in [1.82, 2.24) is 10.6 Å². The van der Waals surface area contributed by atoms with Crippen molar-refractivity contribution in [3.05, 3.63) is 33.9 Å². The summed E-state index contributed by atoms with van der Waals surface area (Å²) in [7, 11) is -0.936. The molecule has 0 heterocycles. The molecule has 0 saturated carbocycles. The number of carbonyl (C=O) groups is 3. The van der Waals surface area contributed by atoms with E-state index in [0.29, 0.717) is 25.8 Å². The minimum absolute atomic E-state index is 0.245. The lowest BCUT2D eigenvalue weighted by molar-refractivity contribution is -0.384. The molecule has 0 fully saturated rings. The van der Waals surface area contributed by atoms with Gasteiger partial charge in [0.2, 0.25) is 5.91 Å². The summed E-state index contributed by atoms with van der Waals surface area (Å²) in [6.45, 7) is 0.0598. The van der Waals surface area contributed by atoms with Crippen LogP contribution in [0, 0.1) is 10.1 Å². The van der Waals surface area contributed by atoms with E-state index < -0.39 is 54.1 Å². The average Bonchev–Trinajstić information content (AvgIpc) is 2.75. The Morgan fingerprint density at radius 1 is 1.26 bits per heavy atom. The number of nitrogens with one attached hydrogen (secondary N) is 2. The maximum atomic E-state index is 12.4. The fourth-order valence-corrected chi connectivity index (χ4v) is 2.57. The van der Waals surface area contributed by atoms with Gasteiger partial charge in [0.25, 0.3) is 11.6 Å². The van der Waals surface area contributed by atoms with Gasteiger partial charge < -0.3 is 36.9 Å². The van der Waals surface area contributed by atoms with E-state index in [1.54, 1.807) is 0 Å². The number of nitro benzene ring substituents is 1. The largest absolute Gasteiger partial charge is 0.488 e. The molecule has 0 aliphatic heterocycles. The number of hydrogen-bond acceptors (Lipinski definition) is 10. The average molecular weight is 439 g/mol. The van der Waals surface area contributed by atoms with Gasteiger partial charge in [-0.2, -0.15) is 0 Å². The summed E-state index contributed by atoms with van der Waals surface area (Å²) in [5.41, 5.74) is 10.1. The third-order valence-electron chi connectivity index (χ3n) is 4.29. The number of hydrogen-bond donors (Lipinski definition) is 6. The highest BCUT2D eigenvalue weighted by molar-refractivity contribution is 6.58. The molecular weight excluding hydrogens is 413 g/mol. The van der Waals surface area contributed by atoms with Gasteiger partial charge >= 0.3 is 13.1 Å². The van der Waals surface area contributed by atoms with Crippen molar-refractivity contribution in [3.63, 3.8) is 0 Å². The van der Waals surface area contributed by atoms with Gasteiger partial charge in [0.05, 0.1) is 18.1 Å². The Balaban J connectivity index is 2.87. The van der Waals surface area contributed by atoms with Crippen LogP contribution in [0.4, 0.5) is 5.69 Å². The van der Waals surface area contributed by atoms with E-state index in [4.69, 9.17) is 11.5 Å². The lowest BCUT2D eigenvalue weighted by Crippen LogP contribution is -2.53. The summed E-state index contributed by atoms with van der Waals surface area (Å²) in [5, 5.41) is 34.3. The Labute approximate surface area is 178 Å². The zero-order valence-electron chi connectivity index (χ0n) is 16.9. The number of ether oxygens (including phenoxy) is 1. The summed E-state index contributed by atoms with van der Waals surface area (Å²) >= 11 is 0. The topological polar surface area (TPSA) is 220 Å². The van der Waals surface area contributed by atoms with Crippen LogP contribution in [0.2, 0.25) is 0 Å². The highest BCUT2D eigenvalue weighted by Gasteiger charge is 2.26. The number of methoxy groups -OCH3 is 1. The van der Waals surface area contributed by atoms with Crippen LogP contribution in [0.5, 0.6) is 0 Å². The van der Waals surface area contributed by atoms with Crippen LogP contribution >= 0.6 is 0 Å². The van der Waals surface area contributed by atoms with Crippen molar-refractivity contribution >= 4 is 36.1 Å². The van der Waals surface area contributed by atoms with Gasteiger partial charge in [-0.1, -0.05) is 6.42 Å². The lowest BCUT2D eigenvalue weighted by Gasteiger charge is -2.19. The standard InChI is InChI=1S/C17H26BN5O8/c1-31-17(26)14(22-16(25)13(20)4-2-3-5-19)9-21-15(24)10-6-11(18(27)28)8-12(7-10)23(29)30/h6-8,13-14,27-28H,2-5,9,19-20H2,1H3,(H,21,24)(H,22,25). The third kappa shape index (κ3) is 8.29. The molecule has 0 radical (unpaired) electrons. The van der Waals surface area contributed by atoms with Crippen molar-refractivity contribution in [3.8, 4) is 0 Å². The van der Waals surface area contributed by atoms with Crippen LogP contribution in [0.25, 0.3) is 0 Å². The Morgan fingerprint density at radius 3 is 2.48 bits per heavy atom. The van der Waals surface area contributed by atoms with E-state index in [-0.39, 0.29) is 11.0 Å². The maximum absolute atomic E-state index is 12.4. The summed E-state index contributed by atoms with van der Waals surface area (Å²) in [5.74, 6) is -2.31. The predicted molar refractivity (Wildman–Crippen MR) is 110 cm³/mol. The predicted octanol–water partition coefficient (Wildman–Crippen LogP) is -2.88. The van der Waals surface area contributed by atoms with Gasteiger partial charge in [-0.15, -0.1) is 0 Å². The second kappa shape index (κ2) is 12.6. The Morgan fingerprint density at radius 2 is 1.94 bits per heavy atom. The van der Waals surface area contributed by atoms with Crippen molar-refractivity contribution in [2.45, 2.75) is 31.3 Å². The monoisotopic (exact) mass is 439 g/mol.